The highest BCUT2D eigenvalue weighted by Gasteiger charge is 1.94. The number of rotatable bonds is 6. The van der Waals surface area contributed by atoms with Crippen LogP contribution in [0.15, 0.2) is 24.3 Å². The van der Waals surface area contributed by atoms with Gasteiger partial charge in [0.05, 0.1) is 6.61 Å². The molecule has 0 aromatic carbocycles. The van der Waals surface area contributed by atoms with Gasteiger partial charge in [0.15, 0.2) is 0 Å². The molecule has 13 heavy (non-hydrogen) atoms. The molecular weight excluding hydrogens is 164 g/mol. The van der Waals surface area contributed by atoms with Crippen LogP contribution in [0.4, 0.5) is 0 Å². The number of allylic oxidation sites excluding steroid dienone is 3. The molecule has 0 heterocycles. The van der Waals surface area contributed by atoms with Gasteiger partial charge in [-0.05, 0) is 33.1 Å². The third-order valence-corrected chi connectivity index (χ3v) is 1.55. The van der Waals surface area contributed by atoms with Gasteiger partial charge < -0.3 is 4.74 Å². The zero-order valence-electron chi connectivity index (χ0n) is 8.45. The van der Waals surface area contributed by atoms with Crippen molar-refractivity contribution >= 4 is 5.97 Å². The van der Waals surface area contributed by atoms with Gasteiger partial charge in [-0.15, -0.1) is 0 Å². The Labute approximate surface area is 80.3 Å². The molecule has 0 atom stereocenters. The lowest BCUT2D eigenvalue weighted by Gasteiger charge is -1.99. The Morgan fingerprint density at radius 3 is 2.62 bits per heavy atom. The smallest absolute Gasteiger partial charge is 0.330 e. The van der Waals surface area contributed by atoms with Crippen LogP contribution in [0.1, 0.15) is 33.1 Å². The van der Waals surface area contributed by atoms with E-state index in [1.165, 1.54) is 6.08 Å². The molecule has 0 fully saturated rings. The standard InChI is InChI=1S/C11H18O2/c1-3-5-6-7-8-10-13-11(12)9-4-2/h3-5,9H,6-8,10H2,1-2H3/b5-3-,9-4+. The summed E-state index contributed by atoms with van der Waals surface area (Å²) in [5, 5.41) is 0. The fourth-order valence-corrected chi connectivity index (χ4v) is 0.888. The largest absolute Gasteiger partial charge is 0.463 e. The average Bonchev–Trinajstić information content (AvgIpc) is 2.11. The molecule has 0 rings (SSSR count). The van der Waals surface area contributed by atoms with E-state index in [4.69, 9.17) is 4.74 Å². The number of hydrogen-bond acceptors (Lipinski definition) is 2. The number of carbonyl (C=O) groups excluding carboxylic acids is 1. The molecule has 0 N–H and O–H groups in total. The molecule has 74 valence electrons. The zero-order chi connectivity index (χ0) is 9.94. The fourth-order valence-electron chi connectivity index (χ4n) is 0.888. The maximum atomic E-state index is 10.8. The summed E-state index contributed by atoms with van der Waals surface area (Å²) in [7, 11) is 0. The summed E-state index contributed by atoms with van der Waals surface area (Å²) in [6.45, 7) is 4.33. The Morgan fingerprint density at radius 1 is 1.23 bits per heavy atom. The SMILES string of the molecule is C/C=C\CCCCOC(=O)/C=C/C. The van der Waals surface area contributed by atoms with Gasteiger partial charge >= 0.3 is 5.97 Å². The molecule has 0 aliphatic rings. The molecule has 0 aliphatic carbocycles. The third kappa shape index (κ3) is 8.86. The highest BCUT2D eigenvalue weighted by molar-refractivity contribution is 5.81. The first-order chi connectivity index (χ1) is 6.31. The van der Waals surface area contributed by atoms with Crippen molar-refractivity contribution < 1.29 is 9.53 Å². The fraction of sp³-hybridized carbons (Fsp3) is 0.545. The lowest BCUT2D eigenvalue weighted by Crippen LogP contribution is -2.01. The van der Waals surface area contributed by atoms with Crippen molar-refractivity contribution in [3.63, 3.8) is 0 Å². The first-order valence-corrected chi connectivity index (χ1v) is 4.72. The first-order valence-electron chi connectivity index (χ1n) is 4.72. The van der Waals surface area contributed by atoms with Gasteiger partial charge in [-0.3, -0.25) is 0 Å². The molecule has 2 heteroatoms. The summed E-state index contributed by atoms with van der Waals surface area (Å²) < 4.78 is 4.91. The number of ether oxygens (including phenoxy) is 1. The Morgan fingerprint density at radius 2 is 2.00 bits per heavy atom. The van der Waals surface area contributed by atoms with E-state index < -0.39 is 0 Å². The van der Waals surface area contributed by atoms with E-state index in [9.17, 15) is 4.79 Å². The van der Waals surface area contributed by atoms with Gasteiger partial charge in [0, 0.05) is 6.08 Å². The van der Waals surface area contributed by atoms with Crippen LogP contribution in [0, 0.1) is 0 Å². The summed E-state index contributed by atoms with van der Waals surface area (Å²) in [4.78, 5) is 10.8. The van der Waals surface area contributed by atoms with Crippen molar-refractivity contribution in [1.82, 2.24) is 0 Å². The zero-order valence-corrected chi connectivity index (χ0v) is 8.45. The van der Waals surface area contributed by atoms with E-state index in [-0.39, 0.29) is 5.97 Å². The Kier molecular flexibility index (Phi) is 8.31. The van der Waals surface area contributed by atoms with Crippen LogP contribution in [-0.4, -0.2) is 12.6 Å². The lowest BCUT2D eigenvalue weighted by atomic mass is 10.2. The summed E-state index contributed by atoms with van der Waals surface area (Å²) in [6.07, 6.45) is 10.4. The Hall–Kier alpha value is -1.05. The van der Waals surface area contributed by atoms with Gasteiger partial charge in [0.2, 0.25) is 0 Å². The Bertz CT molecular complexity index is 181. The molecule has 0 bridgehead atoms. The van der Waals surface area contributed by atoms with Crippen molar-refractivity contribution in [2.45, 2.75) is 33.1 Å². The van der Waals surface area contributed by atoms with Gasteiger partial charge in [-0.25, -0.2) is 4.79 Å². The van der Waals surface area contributed by atoms with Crippen LogP contribution in [0.5, 0.6) is 0 Å². The van der Waals surface area contributed by atoms with Gasteiger partial charge in [0.1, 0.15) is 0 Å². The number of hydrogen-bond donors (Lipinski definition) is 0. The van der Waals surface area contributed by atoms with Gasteiger partial charge in [-0.1, -0.05) is 18.2 Å². The molecule has 0 aromatic heterocycles. The number of carbonyl (C=O) groups is 1. The summed E-state index contributed by atoms with van der Waals surface area (Å²) >= 11 is 0. The van der Waals surface area contributed by atoms with Crippen molar-refractivity contribution in [1.29, 1.82) is 0 Å². The normalized spacial score (nSPS) is 11.2. The van der Waals surface area contributed by atoms with Gasteiger partial charge in [-0.2, -0.15) is 0 Å². The summed E-state index contributed by atoms with van der Waals surface area (Å²) in [5.74, 6) is -0.242. The minimum absolute atomic E-state index is 0.242. The molecule has 0 radical (unpaired) electrons. The Balaban J connectivity index is 3.20. The van der Waals surface area contributed by atoms with E-state index in [1.54, 1.807) is 13.0 Å². The van der Waals surface area contributed by atoms with E-state index >= 15 is 0 Å². The highest BCUT2D eigenvalue weighted by atomic mass is 16.5. The second-order valence-electron chi connectivity index (χ2n) is 2.73. The molecule has 2 nitrogen and oxygen atoms in total. The topological polar surface area (TPSA) is 26.3 Å². The molecule has 0 amide bonds. The molecule has 0 spiro atoms. The van der Waals surface area contributed by atoms with Gasteiger partial charge in [0.25, 0.3) is 0 Å². The van der Waals surface area contributed by atoms with Crippen molar-refractivity contribution in [3.8, 4) is 0 Å². The summed E-state index contributed by atoms with van der Waals surface area (Å²) in [5.41, 5.74) is 0. The minimum atomic E-state index is -0.242. The van der Waals surface area contributed by atoms with Crippen LogP contribution in [-0.2, 0) is 9.53 Å². The van der Waals surface area contributed by atoms with E-state index in [1.807, 2.05) is 13.0 Å². The second kappa shape index (κ2) is 9.04. The van der Waals surface area contributed by atoms with Crippen molar-refractivity contribution in [2.24, 2.45) is 0 Å². The number of esters is 1. The van der Waals surface area contributed by atoms with Crippen LogP contribution in [0.3, 0.4) is 0 Å². The quantitative estimate of drug-likeness (QED) is 0.273. The predicted molar refractivity (Wildman–Crippen MR) is 54.4 cm³/mol. The molecule has 0 saturated heterocycles. The molecule has 0 unspecified atom stereocenters. The molecule has 0 aromatic rings. The van der Waals surface area contributed by atoms with Crippen LogP contribution < -0.4 is 0 Å². The van der Waals surface area contributed by atoms with Crippen LogP contribution in [0.25, 0.3) is 0 Å². The third-order valence-electron chi connectivity index (χ3n) is 1.55. The molecule has 0 saturated carbocycles. The average molecular weight is 182 g/mol. The van der Waals surface area contributed by atoms with E-state index in [0.29, 0.717) is 6.61 Å². The monoisotopic (exact) mass is 182 g/mol. The molecular formula is C11H18O2. The van der Waals surface area contributed by atoms with Crippen molar-refractivity contribution in [3.05, 3.63) is 24.3 Å². The highest BCUT2D eigenvalue weighted by Crippen LogP contribution is 1.97. The second-order valence-corrected chi connectivity index (χ2v) is 2.73. The summed E-state index contributed by atoms with van der Waals surface area (Å²) in [6, 6.07) is 0. The lowest BCUT2D eigenvalue weighted by molar-refractivity contribution is -0.137. The van der Waals surface area contributed by atoms with Crippen LogP contribution >= 0.6 is 0 Å². The number of unbranched alkanes of at least 4 members (excludes halogenated alkanes) is 2. The maximum absolute atomic E-state index is 10.8. The van der Waals surface area contributed by atoms with E-state index in [0.717, 1.165) is 19.3 Å². The predicted octanol–water partition coefficient (Wildman–Crippen LogP) is 2.85. The molecule has 0 aliphatic heterocycles. The first kappa shape index (κ1) is 11.9. The van der Waals surface area contributed by atoms with Crippen molar-refractivity contribution in [2.75, 3.05) is 6.61 Å². The minimum Gasteiger partial charge on any atom is -0.463 e. The maximum Gasteiger partial charge on any atom is 0.330 e. The van der Waals surface area contributed by atoms with E-state index in [2.05, 4.69) is 6.08 Å². The van der Waals surface area contributed by atoms with Crippen LogP contribution in [0.2, 0.25) is 0 Å².